The molecule has 146 valence electrons. The third-order valence-corrected chi connectivity index (χ3v) is 4.75. The van der Waals surface area contributed by atoms with Gasteiger partial charge in [-0.1, -0.05) is 0 Å². The van der Waals surface area contributed by atoms with E-state index in [-0.39, 0.29) is 24.1 Å². The number of ether oxygens (including phenoxy) is 2. The van der Waals surface area contributed by atoms with Crippen LogP contribution < -0.4 is 20.5 Å². The number of methoxy groups -OCH3 is 2. The molecular weight excluding hydrogens is 369 g/mol. The van der Waals surface area contributed by atoms with E-state index in [2.05, 4.69) is 20.3 Å². The number of aryl methyl sites for hydroxylation is 1. The van der Waals surface area contributed by atoms with Crippen LogP contribution in [0.4, 0.5) is 10.2 Å². The van der Waals surface area contributed by atoms with Gasteiger partial charge in [-0.2, -0.15) is 4.98 Å². The van der Waals surface area contributed by atoms with Crippen molar-refractivity contribution in [3.8, 4) is 23.0 Å². The molecule has 3 heterocycles. The van der Waals surface area contributed by atoms with Crippen LogP contribution in [0.1, 0.15) is 6.42 Å². The number of rotatable bonds is 5. The molecule has 0 aromatic carbocycles. The number of carbonyl (C=O) groups excluding carboxylic acids is 1. The van der Waals surface area contributed by atoms with Crippen molar-refractivity contribution in [1.82, 2.24) is 19.5 Å². The minimum atomic E-state index is -1.07. The Bertz CT molecular complexity index is 1110. The zero-order valence-electron chi connectivity index (χ0n) is 15.4. The van der Waals surface area contributed by atoms with Crippen LogP contribution in [0.15, 0.2) is 23.1 Å². The number of hydrogen-bond acceptors (Lipinski definition) is 6. The van der Waals surface area contributed by atoms with E-state index in [0.717, 1.165) is 10.9 Å². The summed E-state index contributed by atoms with van der Waals surface area (Å²) in [5.41, 5.74) is 1.34. The lowest BCUT2D eigenvalue weighted by Crippen LogP contribution is -2.15. The van der Waals surface area contributed by atoms with E-state index in [1.165, 1.54) is 14.2 Å². The fourth-order valence-corrected chi connectivity index (χ4v) is 3.16. The van der Waals surface area contributed by atoms with Gasteiger partial charge in [0.05, 0.1) is 37.5 Å². The van der Waals surface area contributed by atoms with Gasteiger partial charge in [-0.25, -0.2) is 14.2 Å². The minimum Gasteiger partial charge on any atom is -0.482 e. The molecule has 3 aromatic rings. The zero-order valence-corrected chi connectivity index (χ0v) is 15.4. The molecule has 0 spiro atoms. The number of H-pyrrole nitrogens is 1. The lowest BCUT2D eigenvalue weighted by Gasteiger charge is -2.12. The number of nitrogens with one attached hydrogen (secondary N) is 2. The molecule has 1 aliphatic carbocycles. The second-order valence-electron chi connectivity index (χ2n) is 6.52. The van der Waals surface area contributed by atoms with Crippen LogP contribution in [0.25, 0.3) is 22.2 Å². The quantitative estimate of drug-likeness (QED) is 0.688. The molecule has 2 atom stereocenters. The first-order chi connectivity index (χ1) is 13.4. The number of aromatic nitrogens is 4. The number of alkyl halides is 1. The molecule has 4 rings (SSSR count). The van der Waals surface area contributed by atoms with E-state index >= 15 is 0 Å². The predicted octanol–water partition coefficient (Wildman–Crippen LogP) is 1.64. The van der Waals surface area contributed by atoms with E-state index in [0.29, 0.717) is 17.1 Å². The van der Waals surface area contributed by atoms with Gasteiger partial charge in [0, 0.05) is 12.4 Å². The highest BCUT2D eigenvalue weighted by Gasteiger charge is 2.43. The van der Waals surface area contributed by atoms with Crippen molar-refractivity contribution in [2.45, 2.75) is 12.6 Å². The summed E-state index contributed by atoms with van der Waals surface area (Å²) < 4.78 is 25.5. The lowest BCUT2D eigenvalue weighted by molar-refractivity contribution is -0.117. The number of carbonyl (C=O) groups is 1. The first-order valence-corrected chi connectivity index (χ1v) is 8.56. The number of aromatic amines is 1. The molecule has 0 aliphatic heterocycles. The second-order valence-corrected chi connectivity index (χ2v) is 6.52. The van der Waals surface area contributed by atoms with E-state index in [9.17, 15) is 14.0 Å². The minimum absolute atomic E-state index is 0.121. The molecule has 10 heteroatoms. The highest BCUT2D eigenvalue weighted by atomic mass is 19.1. The van der Waals surface area contributed by atoms with Crippen LogP contribution in [-0.4, -0.2) is 45.8 Å². The van der Waals surface area contributed by atoms with Gasteiger partial charge in [-0.05, 0) is 18.6 Å². The number of halogens is 1. The average Bonchev–Trinajstić information content (AvgIpc) is 3.33. The molecule has 1 aliphatic rings. The van der Waals surface area contributed by atoms with Gasteiger partial charge < -0.3 is 19.4 Å². The van der Waals surface area contributed by atoms with Crippen molar-refractivity contribution < 1.29 is 18.7 Å². The first-order valence-electron chi connectivity index (χ1n) is 8.56. The Balaban J connectivity index is 1.78. The summed E-state index contributed by atoms with van der Waals surface area (Å²) in [5.74, 6) is -0.289. The number of nitrogens with zero attached hydrogens (tertiary/aromatic N) is 3. The lowest BCUT2D eigenvalue weighted by atomic mass is 10.2. The van der Waals surface area contributed by atoms with Crippen molar-refractivity contribution in [2.24, 2.45) is 13.0 Å². The van der Waals surface area contributed by atoms with Gasteiger partial charge in [0.2, 0.25) is 17.7 Å². The smallest absolute Gasteiger partial charge is 0.351 e. The van der Waals surface area contributed by atoms with E-state index in [1.54, 1.807) is 12.3 Å². The SMILES string of the molecule is COc1nc(=O)[nH]c(OC)c1-c1cc2cc(NC(=O)C3CC3F)ncc2n1C. The Labute approximate surface area is 158 Å². The zero-order chi connectivity index (χ0) is 20.0. The van der Waals surface area contributed by atoms with Crippen molar-refractivity contribution in [3.63, 3.8) is 0 Å². The number of hydrogen-bond donors (Lipinski definition) is 2. The van der Waals surface area contributed by atoms with Crippen LogP contribution >= 0.6 is 0 Å². The second kappa shape index (κ2) is 6.63. The van der Waals surface area contributed by atoms with Crippen LogP contribution in [0.3, 0.4) is 0 Å². The van der Waals surface area contributed by atoms with Crippen LogP contribution in [0.2, 0.25) is 0 Å². The average molecular weight is 387 g/mol. The summed E-state index contributed by atoms with van der Waals surface area (Å²) in [5, 5.41) is 3.42. The fourth-order valence-electron chi connectivity index (χ4n) is 3.16. The van der Waals surface area contributed by atoms with Crippen molar-refractivity contribution in [2.75, 3.05) is 19.5 Å². The Kier molecular flexibility index (Phi) is 4.25. The summed E-state index contributed by atoms with van der Waals surface area (Å²) in [7, 11) is 4.67. The molecular formula is C18H18FN5O4. The molecule has 2 N–H and O–H groups in total. The summed E-state index contributed by atoms with van der Waals surface area (Å²) in [6.07, 6.45) is 0.786. The Hall–Kier alpha value is -3.43. The van der Waals surface area contributed by atoms with Gasteiger partial charge in [-0.15, -0.1) is 0 Å². The molecule has 0 saturated heterocycles. The molecule has 0 bridgehead atoms. The van der Waals surface area contributed by atoms with Gasteiger partial charge in [0.25, 0.3) is 0 Å². The molecule has 1 fully saturated rings. The molecule has 1 amide bonds. The topological polar surface area (TPSA) is 111 Å². The first kappa shape index (κ1) is 18.0. The van der Waals surface area contributed by atoms with Crippen LogP contribution in [0, 0.1) is 5.92 Å². The molecule has 0 radical (unpaired) electrons. The standard InChI is InChI=1S/C18H18FN5O4/c1-24-11(14-16(27-2)22-18(26)23-17(14)28-3)4-8-5-13(20-7-12(8)24)21-15(25)9-6-10(9)19/h4-5,7,9-10H,6H2,1-3H3,(H,20,21,25)(H,22,23,26). The summed E-state index contributed by atoms with van der Waals surface area (Å²) in [6, 6.07) is 3.53. The van der Waals surface area contributed by atoms with Crippen molar-refractivity contribution in [1.29, 1.82) is 0 Å². The number of anilines is 1. The van der Waals surface area contributed by atoms with Crippen LogP contribution in [-0.2, 0) is 11.8 Å². The maximum atomic E-state index is 13.1. The highest BCUT2D eigenvalue weighted by molar-refractivity contribution is 5.96. The maximum Gasteiger partial charge on any atom is 0.351 e. The number of pyridine rings is 1. The summed E-state index contributed by atoms with van der Waals surface area (Å²) in [4.78, 5) is 34.3. The monoisotopic (exact) mass is 387 g/mol. The van der Waals surface area contributed by atoms with Gasteiger partial charge in [0.15, 0.2) is 0 Å². The molecule has 1 saturated carbocycles. The van der Waals surface area contributed by atoms with E-state index in [4.69, 9.17) is 9.47 Å². The van der Waals surface area contributed by atoms with Gasteiger partial charge in [0.1, 0.15) is 17.6 Å². The van der Waals surface area contributed by atoms with Gasteiger partial charge in [-0.3, -0.25) is 9.78 Å². The molecule has 3 aromatic heterocycles. The predicted molar refractivity (Wildman–Crippen MR) is 99.3 cm³/mol. The number of amides is 1. The Morgan fingerprint density at radius 1 is 1.36 bits per heavy atom. The van der Waals surface area contributed by atoms with Crippen molar-refractivity contribution >= 4 is 22.6 Å². The number of fused-ring (bicyclic) bond motifs is 1. The Morgan fingerprint density at radius 3 is 2.75 bits per heavy atom. The summed E-state index contributed by atoms with van der Waals surface area (Å²) >= 11 is 0. The van der Waals surface area contributed by atoms with Crippen LogP contribution in [0.5, 0.6) is 11.8 Å². The normalized spacial score (nSPS) is 18.1. The third-order valence-electron chi connectivity index (χ3n) is 4.75. The van der Waals surface area contributed by atoms with Gasteiger partial charge >= 0.3 is 5.69 Å². The van der Waals surface area contributed by atoms with Crippen molar-refractivity contribution in [3.05, 3.63) is 28.8 Å². The molecule has 9 nitrogen and oxygen atoms in total. The Morgan fingerprint density at radius 2 is 2.11 bits per heavy atom. The van der Waals surface area contributed by atoms with E-state index in [1.807, 2.05) is 17.7 Å². The molecule has 28 heavy (non-hydrogen) atoms. The third kappa shape index (κ3) is 2.96. The maximum absolute atomic E-state index is 13.1. The summed E-state index contributed by atoms with van der Waals surface area (Å²) in [6.45, 7) is 0. The fraction of sp³-hybridized carbons (Fsp3) is 0.333. The largest absolute Gasteiger partial charge is 0.482 e. The molecule has 2 unspecified atom stereocenters. The van der Waals surface area contributed by atoms with E-state index < -0.39 is 17.8 Å². The highest BCUT2D eigenvalue weighted by Crippen LogP contribution is 2.38.